The molecule has 2 aromatic rings. The third kappa shape index (κ3) is 2.16. The lowest BCUT2D eigenvalue weighted by Crippen LogP contribution is -1.76. The molecule has 1 N–H and O–H groups in total. The Balaban J connectivity index is 2.53. The van der Waals surface area contributed by atoms with E-state index in [4.69, 9.17) is 28.3 Å². The molecule has 0 radical (unpaired) electrons. The number of hydrogen-bond acceptors (Lipinski definition) is 3. The lowest BCUT2D eigenvalue weighted by molar-refractivity contribution is 0.281. The Hall–Kier alpha value is -0.610. The van der Waals surface area contributed by atoms with Crippen LogP contribution in [0.4, 0.5) is 0 Å². The van der Waals surface area contributed by atoms with Gasteiger partial charge in [0.25, 0.3) is 0 Å². The van der Waals surface area contributed by atoms with Crippen molar-refractivity contribution in [3.05, 3.63) is 39.4 Å². The second-order valence-corrected chi connectivity index (χ2v) is 4.80. The van der Waals surface area contributed by atoms with Gasteiger partial charge in [-0.25, -0.2) is 4.98 Å². The van der Waals surface area contributed by atoms with E-state index in [1.807, 2.05) is 0 Å². The lowest BCUT2D eigenvalue weighted by atomic mass is 10.2. The smallest absolute Gasteiger partial charge is 0.119 e. The lowest BCUT2D eigenvalue weighted by Gasteiger charge is -2.02. The molecule has 0 aliphatic heterocycles. The third-order valence-electron chi connectivity index (χ3n) is 1.90. The Labute approximate surface area is 101 Å². The first-order valence-corrected chi connectivity index (χ1v) is 5.79. The summed E-state index contributed by atoms with van der Waals surface area (Å²) in [5.41, 5.74) is 0.776. The molecule has 1 aromatic carbocycles. The first kappa shape index (κ1) is 10.9. The van der Waals surface area contributed by atoms with Gasteiger partial charge in [0.2, 0.25) is 0 Å². The van der Waals surface area contributed by atoms with Crippen molar-refractivity contribution in [1.82, 2.24) is 4.98 Å². The van der Waals surface area contributed by atoms with E-state index >= 15 is 0 Å². The van der Waals surface area contributed by atoms with Crippen LogP contribution in [0.5, 0.6) is 0 Å². The van der Waals surface area contributed by atoms with Gasteiger partial charge in [0, 0.05) is 11.8 Å². The summed E-state index contributed by atoms with van der Waals surface area (Å²) >= 11 is 13.5. The first-order valence-electron chi connectivity index (χ1n) is 4.22. The zero-order valence-corrected chi connectivity index (χ0v) is 9.90. The van der Waals surface area contributed by atoms with Gasteiger partial charge in [-0.05, 0) is 12.1 Å². The summed E-state index contributed by atoms with van der Waals surface area (Å²) in [6.07, 6.45) is 1.67. The molecule has 1 heterocycles. The maximum atomic E-state index is 8.92. The third-order valence-corrected chi connectivity index (χ3v) is 3.53. The number of benzene rings is 1. The molecule has 0 saturated heterocycles. The number of aliphatic hydroxyl groups excluding tert-OH is 1. The Morgan fingerprint density at radius 2 is 1.93 bits per heavy atom. The van der Waals surface area contributed by atoms with Crippen LogP contribution in [0.1, 0.15) is 5.01 Å². The van der Waals surface area contributed by atoms with Gasteiger partial charge in [0.15, 0.2) is 0 Å². The fraction of sp³-hybridized carbons (Fsp3) is 0.100. The fourth-order valence-electron chi connectivity index (χ4n) is 1.23. The van der Waals surface area contributed by atoms with Crippen molar-refractivity contribution in [3.63, 3.8) is 0 Å². The number of rotatable bonds is 2. The summed E-state index contributed by atoms with van der Waals surface area (Å²) in [5.74, 6) is 0. The number of nitrogens with zero attached hydrogens (tertiary/aromatic N) is 1. The molecule has 0 saturated carbocycles. The number of aromatic nitrogens is 1. The zero-order valence-electron chi connectivity index (χ0n) is 7.58. The van der Waals surface area contributed by atoms with Crippen molar-refractivity contribution in [2.24, 2.45) is 0 Å². The molecule has 0 aliphatic rings. The van der Waals surface area contributed by atoms with E-state index in [2.05, 4.69) is 4.98 Å². The summed E-state index contributed by atoms with van der Waals surface area (Å²) in [4.78, 5) is 4.91. The van der Waals surface area contributed by atoms with Gasteiger partial charge in [-0.15, -0.1) is 11.3 Å². The predicted octanol–water partition coefficient (Wildman–Crippen LogP) is 3.61. The topological polar surface area (TPSA) is 33.1 Å². The van der Waals surface area contributed by atoms with E-state index in [1.54, 1.807) is 24.4 Å². The Morgan fingerprint density at radius 1 is 1.27 bits per heavy atom. The molecular formula is C10H7Cl2NOS. The Morgan fingerprint density at radius 3 is 2.47 bits per heavy atom. The van der Waals surface area contributed by atoms with Crippen molar-refractivity contribution in [2.45, 2.75) is 6.61 Å². The van der Waals surface area contributed by atoms with Crippen molar-refractivity contribution >= 4 is 34.5 Å². The second kappa shape index (κ2) is 4.49. The molecule has 0 unspecified atom stereocenters. The van der Waals surface area contributed by atoms with Gasteiger partial charge in [0.05, 0.1) is 21.5 Å². The summed E-state index contributed by atoms with van der Waals surface area (Å²) < 4.78 is 0. The van der Waals surface area contributed by atoms with Gasteiger partial charge in [-0.1, -0.05) is 29.3 Å². The highest BCUT2D eigenvalue weighted by Gasteiger charge is 2.11. The molecule has 15 heavy (non-hydrogen) atoms. The van der Waals surface area contributed by atoms with Crippen molar-refractivity contribution in [2.75, 3.05) is 0 Å². The molecule has 5 heteroatoms. The van der Waals surface area contributed by atoms with Crippen LogP contribution in [-0.2, 0) is 6.61 Å². The molecule has 0 amide bonds. The highest BCUT2D eigenvalue weighted by Crippen LogP contribution is 2.37. The minimum absolute atomic E-state index is 0.0628. The molecule has 0 fully saturated rings. The zero-order chi connectivity index (χ0) is 10.8. The predicted molar refractivity (Wildman–Crippen MR) is 63.5 cm³/mol. The van der Waals surface area contributed by atoms with E-state index in [0.717, 1.165) is 10.4 Å². The summed E-state index contributed by atoms with van der Waals surface area (Å²) in [7, 11) is 0. The summed E-state index contributed by atoms with van der Waals surface area (Å²) in [6.45, 7) is -0.0628. The molecule has 0 spiro atoms. The molecule has 0 bridgehead atoms. The van der Waals surface area contributed by atoms with Crippen molar-refractivity contribution in [1.29, 1.82) is 0 Å². The fourth-order valence-corrected chi connectivity index (χ4v) is 2.80. The molecular weight excluding hydrogens is 253 g/mol. The van der Waals surface area contributed by atoms with E-state index in [9.17, 15) is 0 Å². The van der Waals surface area contributed by atoms with Crippen LogP contribution in [0.15, 0.2) is 24.4 Å². The number of halogens is 2. The maximum absolute atomic E-state index is 8.92. The van der Waals surface area contributed by atoms with E-state index in [0.29, 0.717) is 15.1 Å². The van der Waals surface area contributed by atoms with Crippen LogP contribution in [0.3, 0.4) is 0 Å². The molecule has 2 rings (SSSR count). The van der Waals surface area contributed by atoms with Gasteiger partial charge in [0.1, 0.15) is 5.01 Å². The first-order chi connectivity index (χ1) is 7.22. The Bertz CT molecular complexity index is 464. The van der Waals surface area contributed by atoms with Crippen LogP contribution < -0.4 is 0 Å². The van der Waals surface area contributed by atoms with Crippen molar-refractivity contribution < 1.29 is 5.11 Å². The van der Waals surface area contributed by atoms with Gasteiger partial charge >= 0.3 is 0 Å². The summed E-state index contributed by atoms with van der Waals surface area (Å²) in [5, 5.41) is 10.8. The van der Waals surface area contributed by atoms with Crippen molar-refractivity contribution in [3.8, 4) is 10.4 Å². The van der Waals surface area contributed by atoms with Crippen LogP contribution in [0.25, 0.3) is 10.4 Å². The molecule has 0 atom stereocenters. The van der Waals surface area contributed by atoms with Crippen LogP contribution in [-0.4, -0.2) is 10.1 Å². The van der Waals surface area contributed by atoms with Crippen LogP contribution in [0, 0.1) is 0 Å². The van der Waals surface area contributed by atoms with Crippen LogP contribution >= 0.6 is 34.5 Å². The minimum atomic E-state index is -0.0628. The highest BCUT2D eigenvalue weighted by atomic mass is 35.5. The number of hydrogen-bond donors (Lipinski definition) is 1. The number of aliphatic hydroxyl groups is 1. The molecule has 78 valence electrons. The minimum Gasteiger partial charge on any atom is -0.389 e. The van der Waals surface area contributed by atoms with E-state index in [1.165, 1.54) is 11.3 Å². The quantitative estimate of drug-likeness (QED) is 0.894. The number of thiazole rings is 1. The van der Waals surface area contributed by atoms with Gasteiger partial charge in [-0.3, -0.25) is 0 Å². The average molecular weight is 260 g/mol. The largest absolute Gasteiger partial charge is 0.389 e. The van der Waals surface area contributed by atoms with Crippen LogP contribution in [0.2, 0.25) is 10.0 Å². The second-order valence-electron chi connectivity index (χ2n) is 2.87. The average Bonchev–Trinajstić information content (AvgIpc) is 2.66. The molecule has 1 aromatic heterocycles. The Kier molecular flexibility index (Phi) is 3.26. The standard InChI is InChI=1S/C10H7Cl2NOS/c11-6-2-1-3-7(12)10(6)8-4-13-9(5-14)15-8/h1-4,14H,5H2. The van der Waals surface area contributed by atoms with Gasteiger partial charge < -0.3 is 5.11 Å². The summed E-state index contributed by atoms with van der Waals surface area (Å²) in [6, 6.07) is 5.35. The van der Waals surface area contributed by atoms with Gasteiger partial charge in [-0.2, -0.15) is 0 Å². The highest BCUT2D eigenvalue weighted by molar-refractivity contribution is 7.15. The van der Waals surface area contributed by atoms with E-state index in [-0.39, 0.29) is 6.61 Å². The maximum Gasteiger partial charge on any atom is 0.119 e. The molecule has 0 aliphatic carbocycles. The SMILES string of the molecule is OCc1ncc(-c2c(Cl)cccc2Cl)s1. The normalized spacial score (nSPS) is 10.6. The van der Waals surface area contributed by atoms with E-state index < -0.39 is 0 Å². The monoisotopic (exact) mass is 259 g/mol. The molecule has 2 nitrogen and oxygen atoms in total.